The average Bonchev–Trinajstić information content (AvgIpc) is 3.23. The van der Waals surface area contributed by atoms with Gasteiger partial charge in [0.2, 0.25) is 0 Å². The monoisotopic (exact) mass is 465 g/mol. The van der Waals surface area contributed by atoms with E-state index in [0.717, 1.165) is 57.5 Å². The van der Waals surface area contributed by atoms with E-state index in [9.17, 15) is 0 Å². The Kier molecular flexibility index (Phi) is 7.83. The summed E-state index contributed by atoms with van der Waals surface area (Å²) in [5.74, 6) is 2.31. The van der Waals surface area contributed by atoms with Crippen LogP contribution in [0, 0.1) is 5.92 Å². The fourth-order valence-electron chi connectivity index (χ4n) is 3.05. The molecular formula is C16H25ClIN5O. The van der Waals surface area contributed by atoms with Gasteiger partial charge in [0.25, 0.3) is 0 Å². The van der Waals surface area contributed by atoms with Crippen LogP contribution in [0.15, 0.2) is 23.3 Å². The molecule has 0 aliphatic carbocycles. The number of aromatic nitrogens is 1. The van der Waals surface area contributed by atoms with Gasteiger partial charge in [0.05, 0.1) is 11.6 Å². The van der Waals surface area contributed by atoms with Crippen LogP contribution in [0.5, 0.6) is 0 Å². The van der Waals surface area contributed by atoms with Gasteiger partial charge in [0.1, 0.15) is 5.82 Å². The Morgan fingerprint density at radius 2 is 2.38 bits per heavy atom. The minimum absolute atomic E-state index is 0. The summed E-state index contributed by atoms with van der Waals surface area (Å²) in [4.78, 5) is 10.9. The average molecular weight is 466 g/mol. The normalized spacial score (nSPS) is 23.9. The molecule has 0 aromatic carbocycles. The lowest BCUT2D eigenvalue weighted by Gasteiger charge is -2.21. The van der Waals surface area contributed by atoms with E-state index in [1.165, 1.54) is 0 Å². The SMILES string of the molecule is CN=C(NCC1CCOC1)NC1CCN(c2ncccc2Cl)C1.I. The highest BCUT2D eigenvalue weighted by molar-refractivity contribution is 14.0. The van der Waals surface area contributed by atoms with Gasteiger partial charge < -0.3 is 20.3 Å². The highest BCUT2D eigenvalue weighted by Gasteiger charge is 2.25. The maximum Gasteiger partial charge on any atom is 0.191 e. The van der Waals surface area contributed by atoms with Crippen molar-refractivity contribution in [1.29, 1.82) is 0 Å². The third-order valence-corrected chi connectivity index (χ3v) is 4.67. The van der Waals surface area contributed by atoms with Crippen molar-refractivity contribution >= 4 is 47.4 Å². The summed E-state index contributed by atoms with van der Waals surface area (Å²) in [6, 6.07) is 4.09. The molecule has 8 heteroatoms. The fourth-order valence-corrected chi connectivity index (χ4v) is 3.29. The molecule has 3 rings (SSSR count). The highest BCUT2D eigenvalue weighted by Crippen LogP contribution is 2.25. The molecule has 2 unspecified atom stereocenters. The van der Waals surface area contributed by atoms with E-state index in [4.69, 9.17) is 16.3 Å². The Labute approximate surface area is 165 Å². The Morgan fingerprint density at radius 1 is 1.50 bits per heavy atom. The molecule has 134 valence electrons. The molecule has 6 nitrogen and oxygen atoms in total. The third kappa shape index (κ3) is 5.10. The standard InChI is InChI=1S/C16H24ClN5O.HI/c1-18-16(20-9-12-5-8-23-11-12)21-13-4-7-22(10-13)15-14(17)3-2-6-19-15;/h2-3,6,12-13H,4-5,7-11H2,1H3,(H2,18,20,21);1H. The van der Waals surface area contributed by atoms with Gasteiger partial charge in [-0.2, -0.15) is 0 Å². The molecule has 2 N–H and O–H groups in total. The number of ether oxygens (including phenoxy) is 1. The molecule has 3 heterocycles. The van der Waals surface area contributed by atoms with Gasteiger partial charge in [-0.15, -0.1) is 24.0 Å². The maximum atomic E-state index is 6.23. The van der Waals surface area contributed by atoms with E-state index < -0.39 is 0 Å². The predicted molar refractivity (Wildman–Crippen MR) is 109 cm³/mol. The van der Waals surface area contributed by atoms with Crippen LogP contribution >= 0.6 is 35.6 Å². The van der Waals surface area contributed by atoms with Crippen molar-refractivity contribution in [3.63, 3.8) is 0 Å². The molecule has 0 bridgehead atoms. The second-order valence-corrected chi connectivity index (χ2v) is 6.47. The number of guanidine groups is 1. The summed E-state index contributed by atoms with van der Waals surface area (Å²) >= 11 is 6.23. The predicted octanol–water partition coefficient (Wildman–Crippen LogP) is 2.13. The smallest absolute Gasteiger partial charge is 0.191 e. The van der Waals surface area contributed by atoms with Gasteiger partial charge in [0, 0.05) is 51.4 Å². The van der Waals surface area contributed by atoms with Crippen LogP contribution in [0.1, 0.15) is 12.8 Å². The Balaban J connectivity index is 0.00000208. The Morgan fingerprint density at radius 3 is 3.08 bits per heavy atom. The van der Waals surface area contributed by atoms with Gasteiger partial charge in [-0.1, -0.05) is 11.6 Å². The molecule has 2 aliphatic heterocycles. The van der Waals surface area contributed by atoms with E-state index in [1.54, 1.807) is 6.20 Å². The number of rotatable bonds is 4. The third-order valence-electron chi connectivity index (χ3n) is 4.37. The summed E-state index contributed by atoms with van der Waals surface area (Å²) in [7, 11) is 1.81. The van der Waals surface area contributed by atoms with Gasteiger partial charge in [0.15, 0.2) is 5.96 Å². The lowest BCUT2D eigenvalue weighted by atomic mass is 10.1. The van der Waals surface area contributed by atoms with E-state index in [1.807, 2.05) is 19.2 Å². The lowest BCUT2D eigenvalue weighted by Crippen LogP contribution is -2.46. The highest BCUT2D eigenvalue weighted by atomic mass is 127. The number of hydrogen-bond acceptors (Lipinski definition) is 4. The first-order chi connectivity index (χ1) is 11.3. The molecule has 1 aromatic rings. The molecule has 2 fully saturated rings. The first-order valence-corrected chi connectivity index (χ1v) is 8.54. The largest absolute Gasteiger partial charge is 0.381 e. The number of halogens is 2. The van der Waals surface area contributed by atoms with Crippen LogP contribution in [0.3, 0.4) is 0 Å². The van der Waals surface area contributed by atoms with Crippen LogP contribution in [0.25, 0.3) is 0 Å². The number of hydrogen-bond donors (Lipinski definition) is 2. The van der Waals surface area contributed by atoms with E-state index in [2.05, 4.69) is 25.5 Å². The molecule has 2 saturated heterocycles. The Bertz CT molecular complexity index is 553. The van der Waals surface area contributed by atoms with Crippen molar-refractivity contribution in [3.05, 3.63) is 23.4 Å². The summed E-state index contributed by atoms with van der Waals surface area (Å²) in [6.07, 6.45) is 3.95. The van der Waals surface area contributed by atoms with E-state index >= 15 is 0 Å². The van der Waals surface area contributed by atoms with E-state index in [-0.39, 0.29) is 24.0 Å². The van der Waals surface area contributed by atoms with Crippen molar-refractivity contribution in [2.75, 3.05) is 44.8 Å². The minimum atomic E-state index is 0. The molecule has 0 spiro atoms. The number of nitrogens with zero attached hydrogens (tertiary/aromatic N) is 3. The zero-order valence-corrected chi connectivity index (χ0v) is 17.0. The summed E-state index contributed by atoms with van der Waals surface area (Å²) in [5, 5.41) is 7.60. The number of aliphatic imine (C=N–C) groups is 1. The number of anilines is 1. The van der Waals surface area contributed by atoms with Gasteiger partial charge in [-0.3, -0.25) is 4.99 Å². The topological polar surface area (TPSA) is 61.8 Å². The van der Waals surface area contributed by atoms with Crippen molar-refractivity contribution < 1.29 is 4.74 Å². The van der Waals surface area contributed by atoms with Crippen molar-refractivity contribution in [2.24, 2.45) is 10.9 Å². The first kappa shape index (κ1) is 19.5. The van der Waals surface area contributed by atoms with Crippen molar-refractivity contribution in [2.45, 2.75) is 18.9 Å². The lowest BCUT2D eigenvalue weighted by molar-refractivity contribution is 0.186. The molecular weight excluding hydrogens is 441 g/mol. The summed E-state index contributed by atoms with van der Waals surface area (Å²) in [6.45, 7) is 4.45. The Hall–Kier alpha value is -0.800. The van der Waals surface area contributed by atoms with Crippen LogP contribution in [-0.4, -0.2) is 56.9 Å². The van der Waals surface area contributed by atoms with E-state index in [0.29, 0.717) is 17.0 Å². The minimum Gasteiger partial charge on any atom is -0.381 e. The van der Waals surface area contributed by atoms with Gasteiger partial charge in [-0.05, 0) is 25.0 Å². The fraction of sp³-hybridized carbons (Fsp3) is 0.625. The zero-order chi connectivity index (χ0) is 16.1. The van der Waals surface area contributed by atoms with Gasteiger partial charge in [-0.25, -0.2) is 4.98 Å². The number of nitrogens with one attached hydrogen (secondary N) is 2. The maximum absolute atomic E-state index is 6.23. The molecule has 0 amide bonds. The van der Waals surface area contributed by atoms with Crippen LogP contribution < -0.4 is 15.5 Å². The quantitative estimate of drug-likeness (QED) is 0.405. The molecule has 2 aliphatic rings. The second-order valence-electron chi connectivity index (χ2n) is 6.07. The molecule has 1 aromatic heterocycles. The zero-order valence-electron chi connectivity index (χ0n) is 13.9. The molecule has 0 radical (unpaired) electrons. The van der Waals surface area contributed by atoms with Crippen LogP contribution in [0.2, 0.25) is 5.02 Å². The molecule has 24 heavy (non-hydrogen) atoms. The second kappa shape index (κ2) is 9.62. The van der Waals surface area contributed by atoms with Crippen molar-refractivity contribution in [3.8, 4) is 0 Å². The van der Waals surface area contributed by atoms with Crippen molar-refractivity contribution in [1.82, 2.24) is 15.6 Å². The summed E-state index contributed by atoms with van der Waals surface area (Å²) in [5.41, 5.74) is 0. The van der Waals surface area contributed by atoms with Crippen LogP contribution in [0.4, 0.5) is 5.82 Å². The van der Waals surface area contributed by atoms with Crippen LogP contribution in [-0.2, 0) is 4.74 Å². The summed E-state index contributed by atoms with van der Waals surface area (Å²) < 4.78 is 5.40. The molecule has 2 atom stereocenters. The van der Waals surface area contributed by atoms with Gasteiger partial charge >= 0.3 is 0 Å². The first-order valence-electron chi connectivity index (χ1n) is 8.16. The number of pyridine rings is 1. The molecule has 0 saturated carbocycles.